The molecule has 4 heteroatoms. The Labute approximate surface area is 142 Å². The zero-order chi connectivity index (χ0) is 16.9. The number of benzene rings is 2. The molecule has 1 aliphatic heterocycles. The van der Waals surface area contributed by atoms with Gasteiger partial charge in [-0.2, -0.15) is 5.26 Å². The number of nitriles is 1. The van der Waals surface area contributed by atoms with Crippen molar-refractivity contribution in [2.75, 3.05) is 33.2 Å². The minimum Gasteiger partial charge on any atom is -0.304 e. The van der Waals surface area contributed by atoms with E-state index in [9.17, 15) is 4.79 Å². The van der Waals surface area contributed by atoms with E-state index in [-0.39, 0.29) is 5.78 Å². The number of ketones is 1. The van der Waals surface area contributed by atoms with E-state index < -0.39 is 0 Å². The van der Waals surface area contributed by atoms with Gasteiger partial charge >= 0.3 is 0 Å². The average Bonchev–Trinajstić information content (AvgIpc) is 2.63. The second-order valence-corrected chi connectivity index (χ2v) is 6.30. The third kappa shape index (κ3) is 3.88. The van der Waals surface area contributed by atoms with Gasteiger partial charge in [0.05, 0.1) is 11.6 Å². The Kier molecular flexibility index (Phi) is 5.05. The van der Waals surface area contributed by atoms with Gasteiger partial charge in [0.2, 0.25) is 0 Å². The monoisotopic (exact) mass is 319 g/mol. The highest BCUT2D eigenvalue weighted by Crippen LogP contribution is 2.15. The number of nitrogens with zero attached hydrogens (tertiary/aromatic N) is 3. The first-order chi connectivity index (χ1) is 11.7. The van der Waals surface area contributed by atoms with Crippen LogP contribution in [0.25, 0.3) is 0 Å². The number of carbonyl (C=O) groups is 1. The van der Waals surface area contributed by atoms with Crippen molar-refractivity contribution in [3.8, 4) is 6.07 Å². The summed E-state index contributed by atoms with van der Waals surface area (Å²) in [6.45, 7) is 5.17. The lowest BCUT2D eigenvalue weighted by Crippen LogP contribution is -2.43. The van der Waals surface area contributed by atoms with Crippen LogP contribution in [0.15, 0.2) is 48.5 Å². The van der Waals surface area contributed by atoms with Gasteiger partial charge in [0.25, 0.3) is 0 Å². The largest absolute Gasteiger partial charge is 0.304 e. The maximum Gasteiger partial charge on any atom is 0.193 e. The van der Waals surface area contributed by atoms with E-state index >= 15 is 0 Å². The zero-order valence-electron chi connectivity index (χ0n) is 13.9. The highest BCUT2D eigenvalue weighted by atomic mass is 16.1. The first-order valence-electron chi connectivity index (χ1n) is 8.20. The topological polar surface area (TPSA) is 47.3 Å². The highest BCUT2D eigenvalue weighted by molar-refractivity contribution is 6.09. The van der Waals surface area contributed by atoms with E-state index in [1.807, 2.05) is 18.2 Å². The van der Waals surface area contributed by atoms with Gasteiger partial charge in [0, 0.05) is 43.9 Å². The molecule has 0 spiro atoms. The van der Waals surface area contributed by atoms with Gasteiger partial charge in [-0.3, -0.25) is 9.69 Å². The summed E-state index contributed by atoms with van der Waals surface area (Å²) < 4.78 is 0. The van der Waals surface area contributed by atoms with Crippen LogP contribution < -0.4 is 0 Å². The zero-order valence-corrected chi connectivity index (χ0v) is 13.9. The van der Waals surface area contributed by atoms with Gasteiger partial charge in [-0.05, 0) is 42.9 Å². The van der Waals surface area contributed by atoms with Crippen molar-refractivity contribution in [1.82, 2.24) is 9.80 Å². The van der Waals surface area contributed by atoms with Crippen LogP contribution in [0.1, 0.15) is 27.0 Å². The normalized spacial score (nSPS) is 15.8. The predicted molar refractivity (Wildman–Crippen MR) is 93.8 cm³/mol. The van der Waals surface area contributed by atoms with Crippen LogP contribution in [-0.4, -0.2) is 48.8 Å². The first kappa shape index (κ1) is 16.4. The molecule has 0 saturated carbocycles. The molecule has 0 unspecified atom stereocenters. The molecule has 1 fully saturated rings. The van der Waals surface area contributed by atoms with Gasteiger partial charge in [-0.1, -0.05) is 18.2 Å². The Morgan fingerprint density at radius 2 is 1.75 bits per heavy atom. The van der Waals surface area contributed by atoms with Gasteiger partial charge in [0.1, 0.15) is 0 Å². The third-order valence-electron chi connectivity index (χ3n) is 4.47. The maximum absolute atomic E-state index is 12.6. The predicted octanol–water partition coefficient (Wildman–Crippen LogP) is 2.54. The minimum atomic E-state index is -0.000262. The van der Waals surface area contributed by atoms with E-state index in [1.54, 1.807) is 24.3 Å². The number of rotatable bonds is 4. The quantitative estimate of drug-likeness (QED) is 0.813. The summed E-state index contributed by atoms with van der Waals surface area (Å²) in [7, 11) is 2.15. The number of hydrogen-bond donors (Lipinski definition) is 0. The molecule has 1 saturated heterocycles. The van der Waals surface area contributed by atoms with Crippen LogP contribution >= 0.6 is 0 Å². The van der Waals surface area contributed by atoms with E-state index in [1.165, 1.54) is 5.56 Å². The Morgan fingerprint density at radius 1 is 1.04 bits per heavy atom. The van der Waals surface area contributed by atoms with Crippen molar-refractivity contribution in [2.24, 2.45) is 0 Å². The molecule has 24 heavy (non-hydrogen) atoms. The molecule has 3 rings (SSSR count). The standard InChI is InChI=1S/C20H21N3O/c1-22-9-11-23(12-10-22)15-17-3-2-4-19(13-17)20(24)18-7-5-16(14-21)6-8-18/h2-8,13H,9-12,15H2,1H3. The SMILES string of the molecule is CN1CCN(Cc2cccc(C(=O)c3ccc(C#N)cc3)c2)CC1. The molecule has 122 valence electrons. The molecule has 1 aliphatic rings. The second kappa shape index (κ2) is 7.39. The fourth-order valence-electron chi connectivity index (χ4n) is 2.94. The van der Waals surface area contributed by atoms with E-state index in [4.69, 9.17) is 5.26 Å². The molecule has 1 heterocycles. The minimum absolute atomic E-state index is 0.000262. The molecular formula is C20H21N3O. The van der Waals surface area contributed by atoms with Gasteiger partial charge in [0.15, 0.2) is 5.78 Å². The molecule has 0 aromatic heterocycles. The molecule has 0 amide bonds. The lowest BCUT2D eigenvalue weighted by Gasteiger charge is -2.32. The molecule has 0 bridgehead atoms. The smallest absolute Gasteiger partial charge is 0.193 e. The Bertz CT molecular complexity index is 753. The summed E-state index contributed by atoms with van der Waals surface area (Å²) in [4.78, 5) is 17.4. The van der Waals surface area contributed by atoms with Crippen molar-refractivity contribution >= 4 is 5.78 Å². The maximum atomic E-state index is 12.6. The number of likely N-dealkylation sites (N-methyl/N-ethyl adjacent to an activating group) is 1. The molecule has 0 radical (unpaired) electrons. The summed E-state index contributed by atoms with van der Waals surface area (Å²) in [6, 6.07) is 16.7. The van der Waals surface area contributed by atoms with Crippen LogP contribution in [0.4, 0.5) is 0 Å². The van der Waals surface area contributed by atoms with Crippen molar-refractivity contribution in [3.05, 3.63) is 70.8 Å². The fraction of sp³-hybridized carbons (Fsp3) is 0.300. The lowest BCUT2D eigenvalue weighted by atomic mass is 10.0. The molecular weight excluding hydrogens is 298 g/mol. The van der Waals surface area contributed by atoms with Crippen molar-refractivity contribution in [2.45, 2.75) is 6.54 Å². The van der Waals surface area contributed by atoms with Gasteiger partial charge in [-0.15, -0.1) is 0 Å². The van der Waals surface area contributed by atoms with E-state index in [0.717, 1.165) is 32.7 Å². The van der Waals surface area contributed by atoms with Crippen molar-refractivity contribution < 1.29 is 4.79 Å². The van der Waals surface area contributed by atoms with E-state index in [2.05, 4.69) is 29.0 Å². The number of carbonyl (C=O) groups excluding carboxylic acids is 1. The van der Waals surface area contributed by atoms with Crippen molar-refractivity contribution in [3.63, 3.8) is 0 Å². The summed E-state index contributed by atoms with van der Waals surface area (Å²) in [5, 5.41) is 8.85. The first-order valence-corrected chi connectivity index (χ1v) is 8.20. The van der Waals surface area contributed by atoms with Crippen molar-refractivity contribution in [1.29, 1.82) is 5.26 Å². The van der Waals surface area contributed by atoms with Crippen LogP contribution in [0.3, 0.4) is 0 Å². The van der Waals surface area contributed by atoms with Crippen LogP contribution in [-0.2, 0) is 6.54 Å². The Balaban J connectivity index is 1.72. The summed E-state index contributed by atoms with van der Waals surface area (Å²) in [5.74, 6) is -0.000262. The van der Waals surface area contributed by atoms with E-state index in [0.29, 0.717) is 16.7 Å². The second-order valence-electron chi connectivity index (χ2n) is 6.30. The number of piperazine rings is 1. The molecule has 0 aliphatic carbocycles. The van der Waals surface area contributed by atoms with Gasteiger partial charge < -0.3 is 4.90 Å². The molecule has 0 atom stereocenters. The highest BCUT2D eigenvalue weighted by Gasteiger charge is 2.15. The fourth-order valence-corrected chi connectivity index (χ4v) is 2.94. The molecule has 2 aromatic carbocycles. The summed E-state index contributed by atoms with van der Waals surface area (Å²) in [6.07, 6.45) is 0. The van der Waals surface area contributed by atoms with Crippen LogP contribution in [0, 0.1) is 11.3 Å². The lowest BCUT2D eigenvalue weighted by molar-refractivity contribution is 0.103. The summed E-state index contributed by atoms with van der Waals surface area (Å²) >= 11 is 0. The third-order valence-corrected chi connectivity index (χ3v) is 4.47. The Morgan fingerprint density at radius 3 is 2.42 bits per heavy atom. The molecule has 4 nitrogen and oxygen atoms in total. The summed E-state index contributed by atoms with van der Waals surface area (Å²) in [5.41, 5.74) is 3.05. The number of hydrogen-bond acceptors (Lipinski definition) is 4. The molecule has 0 N–H and O–H groups in total. The van der Waals surface area contributed by atoms with Crippen LogP contribution in [0.2, 0.25) is 0 Å². The van der Waals surface area contributed by atoms with Gasteiger partial charge in [-0.25, -0.2) is 0 Å². The Hall–Kier alpha value is -2.48. The average molecular weight is 319 g/mol. The molecule has 2 aromatic rings. The van der Waals surface area contributed by atoms with Crippen LogP contribution in [0.5, 0.6) is 0 Å².